The highest BCUT2D eigenvalue weighted by Gasteiger charge is 2.21. The quantitative estimate of drug-likeness (QED) is 0.762. The van der Waals surface area contributed by atoms with Crippen molar-refractivity contribution in [3.8, 4) is 12.3 Å². The van der Waals surface area contributed by atoms with Crippen LogP contribution in [0, 0.1) is 18.3 Å². The first-order valence-corrected chi connectivity index (χ1v) is 6.71. The largest absolute Gasteiger partial charge is 0.445 e. The molecule has 0 saturated carbocycles. The van der Waals surface area contributed by atoms with Crippen LogP contribution in [0.1, 0.15) is 24.8 Å². The molecular weight excluding hydrogens is 238 g/mol. The van der Waals surface area contributed by atoms with Crippen molar-refractivity contribution in [3.63, 3.8) is 0 Å². The van der Waals surface area contributed by atoms with Gasteiger partial charge in [0, 0.05) is 19.0 Å². The van der Waals surface area contributed by atoms with Crippen molar-refractivity contribution in [2.24, 2.45) is 5.92 Å². The molecule has 1 atom stereocenters. The number of ether oxygens (including phenoxy) is 1. The summed E-state index contributed by atoms with van der Waals surface area (Å²) in [5, 5.41) is 0. The lowest BCUT2D eigenvalue weighted by molar-refractivity contribution is 0.0952. The molecule has 0 N–H and O–H groups in total. The lowest BCUT2D eigenvalue weighted by atomic mass is 10.1. The number of hydrogen-bond donors (Lipinski definition) is 0. The molecule has 1 aliphatic rings. The minimum Gasteiger partial charge on any atom is -0.445 e. The van der Waals surface area contributed by atoms with E-state index in [4.69, 9.17) is 11.2 Å². The van der Waals surface area contributed by atoms with E-state index in [0.717, 1.165) is 31.4 Å². The first kappa shape index (κ1) is 13.5. The normalized spacial score (nSPS) is 19.3. The van der Waals surface area contributed by atoms with Crippen molar-refractivity contribution in [2.75, 3.05) is 13.1 Å². The minimum absolute atomic E-state index is 0.159. The van der Waals surface area contributed by atoms with Crippen LogP contribution in [-0.4, -0.2) is 24.1 Å². The van der Waals surface area contributed by atoms with E-state index in [1.807, 2.05) is 30.3 Å². The van der Waals surface area contributed by atoms with Crippen molar-refractivity contribution < 1.29 is 9.53 Å². The Morgan fingerprint density at radius 1 is 1.37 bits per heavy atom. The highest BCUT2D eigenvalue weighted by molar-refractivity contribution is 5.67. The summed E-state index contributed by atoms with van der Waals surface area (Å²) in [7, 11) is 0. The summed E-state index contributed by atoms with van der Waals surface area (Å²) < 4.78 is 5.33. The smallest absolute Gasteiger partial charge is 0.410 e. The van der Waals surface area contributed by atoms with Gasteiger partial charge in [0.05, 0.1) is 0 Å². The number of likely N-dealkylation sites (tertiary alicyclic amines) is 1. The van der Waals surface area contributed by atoms with Gasteiger partial charge in [-0.3, -0.25) is 0 Å². The van der Waals surface area contributed by atoms with Gasteiger partial charge < -0.3 is 9.64 Å². The van der Waals surface area contributed by atoms with Gasteiger partial charge in [0.15, 0.2) is 0 Å². The fourth-order valence-electron chi connectivity index (χ4n) is 2.25. The molecule has 3 heteroatoms. The molecule has 1 heterocycles. The van der Waals surface area contributed by atoms with E-state index >= 15 is 0 Å². The van der Waals surface area contributed by atoms with Gasteiger partial charge >= 0.3 is 6.09 Å². The van der Waals surface area contributed by atoms with Gasteiger partial charge in [0.2, 0.25) is 0 Å². The fraction of sp³-hybridized carbons (Fsp3) is 0.438. The third kappa shape index (κ3) is 4.03. The number of carbonyl (C=O) groups excluding carboxylic acids is 1. The second-order valence-electron chi connectivity index (χ2n) is 4.85. The molecule has 1 aromatic carbocycles. The Morgan fingerprint density at radius 3 is 2.89 bits per heavy atom. The number of carbonyl (C=O) groups is 1. The number of benzene rings is 1. The van der Waals surface area contributed by atoms with E-state index in [0.29, 0.717) is 13.2 Å². The van der Waals surface area contributed by atoms with Crippen molar-refractivity contribution in [1.29, 1.82) is 0 Å². The van der Waals surface area contributed by atoms with Gasteiger partial charge in [-0.2, -0.15) is 0 Å². The maximum absolute atomic E-state index is 12.0. The predicted octanol–water partition coefficient (Wildman–Crippen LogP) is 3.06. The summed E-state index contributed by atoms with van der Waals surface area (Å²) >= 11 is 0. The van der Waals surface area contributed by atoms with E-state index in [9.17, 15) is 4.79 Å². The monoisotopic (exact) mass is 257 g/mol. The maximum Gasteiger partial charge on any atom is 0.410 e. The van der Waals surface area contributed by atoms with E-state index in [1.165, 1.54) is 0 Å². The van der Waals surface area contributed by atoms with Gasteiger partial charge in [-0.25, -0.2) is 4.79 Å². The average molecular weight is 257 g/mol. The second kappa shape index (κ2) is 6.84. The summed E-state index contributed by atoms with van der Waals surface area (Å²) in [5.74, 6) is 2.91. The van der Waals surface area contributed by atoms with Crippen LogP contribution in [0.5, 0.6) is 0 Å². The number of terminal acetylenes is 1. The van der Waals surface area contributed by atoms with E-state index in [1.54, 1.807) is 4.90 Å². The van der Waals surface area contributed by atoms with Crippen LogP contribution in [0.25, 0.3) is 0 Å². The minimum atomic E-state index is -0.258. The van der Waals surface area contributed by atoms with Crippen LogP contribution >= 0.6 is 0 Å². The zero-order valence-electron chi connectivity index (χ0n) is 11.0. The SMILES string of the molecule is C#CC1CCCCN(C(=O)OCc2ccccc2)C1. The number of hydrogen-bond acceptors (Lipinski definition) is 2. The number of nitrogens with zero attached hydrogens (tertiary/aromatic N) is 1. The number of amides is 1. The Hall–Kier alpha value is -1.95. The molecule has 1 unspecified atom stereocenters. The third-order valence-electron chi connectivity index (χ3n) is 3.37. The maximum atomic E-state index is 12.0. The topological polar surface area (TPSA) is 29.5 Å². The third-order valence-corrected chi connectivity index (χ3v) is 3.37. The first-order valence-electron chi connectivity index (χ1n) is 6.71. The summed E-state index contributed by atoms with van der Waals surface area (Å²) in [4.78, 5) is 13.8. The summed E-state index contributed by atoms with van der Waals surface area (Å²) in [6.45, 7) is 1.67. The van der Waals surface area contributed by atoms with E-state index in [-0.39, 0.29) is 12.0 Å². The Kier molecular flexibility index (Phi) is 4.85. The lowest BCUT2D eigenvalue weighted by Crippen LogP contribution is -2.34. The fourth-order valence-corrected chi connectivity index (χ4v) is 2.25. The zero-order chi connectivity index (χ0) is 13.5. The Balaban J connectivity index is 1.87. The van der Waals surface area contributed by atoms with Crippen LogP contribution in [0.3, 0.4) is 0 Å². The summed E-state index contributed by atoms with van der Waals surface area (Å²) in [6.07, 6.45) is 8.29. The molecule has 1 saturated heterocycles. The van der Waals surface area contributed by atoms with Crippen LogP contribution in [-0.2, 0) is 11.3 Å². The van der Waals surface area contributed by atoms with Crippen LogP contribution in [0.2, 0.25) is 0 Å². The molecule has 1 amide bonds. The zero-order valence-corrected chi connectivity index (χ0v) is 11.0. The van der Waals surface area contributed by atoms with Crippen LogP contribution in [0.15, 0.2) is 30.3 Å². The van der Waals surface area contributed by atoms with Gasteiger partial charge in [-0.05, 0) is 18.4 Å². The molecule has 2 rings (SSSR count). The van der Waals surface area contributed by atoms with Gasteiger partial charge in [0.25, 0.3) is 0 Å². The summed E-state index contributed by atoms with van der Waals surface area (Å²) in [5.41, 5.74) is 0.999. The first-order chi connectivity index (χ1) is 9.29. The molecule has 1 aliphatic heterocycles. The average Bonchev–Trinajstić information content (AvgIpc) is 2.71. The van der Waals surface area contributed by atoms with E-state index in [2.05, 4.69) is 5.92 Å². The molecule has 0 aromatic heterocycles. The van der Waals surface area contributed by atoms with Gasteiger partial charge in [-0.1, -0.05) is 36.8 Å². The molecule has 19 heavy (non-hydrogen) atoms. The molecule has 0 aliphatic carbocycles. The predicted molar refractivity (Wildman–Crippen MR) is 74.4 cm³/mol. The molecule has 0 spiro atoms. The molecule has 100 valence electrons. The Morgan fingerprint density at radius 2 is 2.16 bits per heavy atom. The van der Waals surface area contributed by atoms with Gasteiger partial charge in [-0.15, -0.1) is 12.3 Å². The highest BCUT2D eigenvalue weighted by Crippen LogP contribution is 2.16. The van der Waals surface area contributed by atoms with E-state index < -0.39 is 0 Å². The Labute approximate surface area is 114 Å². The lowest BCUT2D eigenvalue weighted by Gasteiger charge is -2.21. The molecule has 1 fully saturated rings. The number of rotatable bonds is 2. The molecular formula is C16H19NO2. The van der Waals surface area contributed by atoms with Gasteiger partial charge in [0.1, 0.15) is 6.61 Å². The summed E-state index contributed by atoms with van der Waals surface area (Å²) in [6, 6.07) is 9.70. The second-order valence-corrected chi connectivity index (χ2v) is 4.85. The van der Waals surface area contributed by atoms with Crippen molar-refractivity contribution >= 4 is 6.09 Å². The molecule has 0 bridgehead atoms. The molecule has 3 nitrogen and oxygen atoms in total. The highest BCUT2D eigenvalue weighted by atomic mass is 16.6. The molecule has 0 radical (unpaired) electrons. The Bertz CT molecular complexity index is 450. The standard InChI is InChI=1S/C16H19NO2/c1-2-14-8-6-7-11-17(12-14)16(18)19-13-15-9-4-3-5-10-15/h1,3-5,9-10,14H,6-8,11-13H2. The van der Waals surface area contributed by atoms with Crippen molar-refractivity contribution in [3.05, 3.63) is 35.9 Å². The van der Waals surface area contributed by atoms with Crippen LogP contribution < -0.4 is 0 Å². The van der Waals surface area contributed by atoms with Crippen molar-refractivity contribution in [1.82, 2.24) is 4.90 Å². The van der Waals surface area contributed by atoms with Crippen molar-refractivity contribution in [2.45, 2.75) is 25.9 Å². The molecule has 1 aromatic rings. The van der Waals surface area contributed by atoms with Crippen LogP contribution in [0.4, 0.5) is 4.79 Å².